The first-order valence-corrected chi connectivity index (χ1v) is 4.74. The van der Waals surface area contributed by atoms with Crippen molar-refractivity contribution >= 4 is 12.6 Å². The molecule has 0 bridgehead atoms. The van der Waals surface area contributed by atoms with Crippen molar-refractivity contribution in [3.63, 3.8) is 0 Å². The third-order valence-electron chi connectivity index (χ3n) is 2.11. The molecule has 0 aromatic heterocycles. The largest absolute Gasteiger partial charge is 0.303 e. The highest BCUT2D eigenvalue weighted by Crippen LogP contribution is 2.11. The molecular formula is C10H18O2. The van der Waals surface area contributed by atoms with Crippen LogP contribution in [-0.2, 0) is 9.59 Å². The fraction of sp³-hybridized carbons (Fsp3) is 0.800. The maximum absolute atomic E-state index is 10.4. The Balaban J connectivity index is 3.17. The maximum Gasteiger partial charge on any atom is 0.123 e. The van der Waals surface area contributed by atoms with Gasteiger partial charge in [0.2, 0.25) is 0 Å². The Labute approximate surface area is 74.3 Å². The van der Waals surface area contributed by atoms with Crippen LogP contribution in [0.15, 0.2) is 0 Å². The molecular weight excluding hydrogens is 152 g/mol. The minimum atomic E-state index is 0.237. The van der Waals surface area contributed by atoms with E-state index in [0.717, 1.165) is 44.7 Å². The van der Waals surface area contributed by atoms with E-state index in [-0.39, 0.29) is 5.92 Å². The Morgan fingerprint density at radius 2 is 1.92 bits per heavy atom. The molecule has 2 nitrogen and oxygen atoms in total. The second kappa shape index (κ2) is 8.44. The molecule has 70 valence electrons. The van der Waals surface area contributed by atoms with Crippen LogP contribution in [0.3, 0.4) is 0 Å². The maximum atomic E-state index is 10.4. The van der Waals surface area contributed by atoms with Crippen LogP contribution in [0.5, 0.6) is 0 Å². The van der Waals surface area contributed by atoms with Gasteiger partial charge in [-0.2, -0.15) is 0 Å². The Bertz CT molecular complexity index is 121. The van der Waals surface area contributed by atoms with Gasteiger partial charge in [-0.15, -0.1) is 0 Å². The lowest BCUT2D eigenvalue weighted by Crippen LogP contribution is -1.99. The van der Waals surface area contributed by atoms with Crippen molar-refractivity contribution in [3.8, 4) is 0 Å². The number of carbonyl (C=O) groups is 2. The van der Waals surface area contributed by atoms with Crippen molar-refractivity contribution in [2.45, 2.75) is 45.4 Å². The molecule has 0 aromatic carbocycles. The van der Waals surface area contributed by atoms with E-state index in [0.29, 0.717) is 6.42 Å². The molecule has 0 aliphatic rings. The lowest BCUT2D eigenvalue weighted by molar-refractivity contribution is -0.111. The third kappa shape index (κ3) is 6.08. The first kappa shape index (κ1) is 11.3. The molecule has 0 spiro atoms. The number of carbonyl (C=O) groups excluding carboxylic acids is 2. The fourth-order valence-corrected chi connectivity index (χ4v) is 1.18. The van der Waals surface area contributed by atoms with Crippen LogP contribution in [0.2, 0.25) is 0 Å². The SMILES string of the molecule is CCC(C=O)CCCCCC=O. The summed E-state index contributed by atoms with van der Waals surface area (Å²) in [6.45, 7) is 2.03. The van der Waals surface area contributed by atoms with E-state index in [9.17, 15) is 9.59 Å². The molecule has 1 unspecified atom stereocenters. The van der Waals surface area contributed by atoms with E-state index < -0.39 is 0 Å². The van der Waals surface area contributed by atoms with Crippen molar-refractivity contribution in [2.24, 2.45) is 5.92 Å². The molecule has 0 fully saturated rings. The van der Waals surface area contributed by atoms with Crippen molar-refractivity contribution < 1.29 is 9.59 Å². The lowest BCUT2D eigenvalue weighted by atomic mass is 10.00. The number of aldehydes is 2. The third-order valence-corrected chi connectivity index (χ3v) is 2.11. The van der Waals surface area contributed by atoms with Gasteiger partial charge in [-0.3, -0.25) is 0 Å². The van der Waals surface area contributed by atoms with E-state index >= 15 is 0 Å². The number of hydrogen-bond acceptors (Lipinski definition) is 2. The molecule has 0 amide bonds. The molecule has 0 aliphatic carbocycles. The summed E-state index contributed by atoms with van der Waals surface area (Å²) < 4.78 is 0. The Hall–Kier alpha value is -0.660. The topological polar surface area (TPSA) is 34.1 Å². The van der Waals surface area contributed by atoms with E-state index in [1.807, 2.05) is 6.92 Å². The van der Waals surface area contributed by atoms with E-state index in [1.54, 1.807) is 0 Å². The van der Waals surface area contributed by atoms with E-state index in [4.69, 9.17) is 0 Å². The summed E-state index contributed by atoms with van der Waals surface area (Å²) in [5.74, 6) is 0.237. The second-order valence-electron chi connectivity index (χ2n) is 3.11. The molecule has 0 saturated heterocycles. The van der Waals surface area contributed by atoms with Crippen molar-refractivity contribution in [3.05, 3.63) is 0 Å². The van der Waals surface area contributed by atoms with Crippen LogP contribution in [0, 0.1) is 5.92 Å². The van der Waals surface area contributed by atoms with E-state index in [2.05, 4.69) is 0 Å². The second-order valence-corrected chi connectivity index (χ2v) is 3.11. The molecule has 2 heteroatoms. The van der Waals surface area contributed by atoms with E-state index in [1.165, 1.54) is 0 Å². The van der Waals surface area contributed by atoms with Gasteiger partial charge in [-0.25, -0.2) is 0 Å². The predicted octanol–water partition coefficient (Wildman–Crippen LogP) is 2.36. The summed E-state index contributed by atoms with van der Waals surface area (Å²) in [4.78, 5) is 20.4. The van der Waals surface area contributed by atoms with Crippen LogP contribution >= 0.6 is 0 Å². The molecule has 1 atom stereocenters. The molecule has 0 N–H and O–H groups in total. The summed E-state index contributed by atoms with van der Waals surface area (Å²) in [7, 11) is 0. The van der Waals surface area contributed by atoms with Crippen LogP contribution in [0.25, 0.3) is 0 Å². The van der Waals surface area contributed by atoms with Gasteiger partial charge < -0.3 is 9.59 Å². The smallest absolute Gasteiger partial charge is 0.123 e. The van der Waals surface area contributed by atoms with Gasteiger partial charge in [0.25, 0.3) is 0 Å². The average Bonchev–Trinajstić information content (AvgIpc) is 2.11. The summed E-state index contributed by atoms with van der Waals surface area (Å²) in [6.07, 6.45) is 7.71. The normalized spacial score (nSPS) is 12.4. The molecule has 0 aromatic rings. The summed E-state index contributed by atoms with van der Waals surface area (Å²) in [6, 6.07) is 0. The Kier molecular flexibility index (Phi) is 7.97. The number of unbranched alkanes of at least 4 members (excludes halogenated alkanes) is 3. The monoisotopic (exact) mass is 170 g/mol. The van der Waals surface area contributed by atoms with Gasteiger partial charge in [-0.05, 0) is 19.3 Å². The number of rotatable bonds is 8. The highest BCUT2D eigenvalue weighted by atomic mass is 16.1. The van der Waals surface area contributed by atoms with Gasteiger partial charge in [0.15, 0.2) is 0 Å². The first-order chi connectivity index (χ1) is 5.85. The van der Waals surface area contributed by atoms with Gasteiger partial charge in [0.1, 0.15) is 12.6 Å². The standard InChI is InChI=1S/C10H18O2/c1-2-10(9-12)7-5-3-4-6-8-11/h8-10H,2-7H2,1H3. The summed E-state index contributed by atoms with van der Waals surface area (Å²) >= 11 is 0. The minimum Gasteiger partial charge on any atom is -0.303 e. The van der Waals surface area contributed by atoms with Crippen molar-refractivity contribution in [1.82, 2.24) is 0 Å². The molecule has 0 radical (unpaired) electrons. The predicted molar refractivity (Wildman–Crippen MR) is 49.0 cm³/mol. The summed E-state index contributed by atoms with van der Waals surface area (Å²) in [5, 5.41) is 0. The minimum absolute atomic E-state index is 0.237. The van der Waals surface area contributed by atoms with Crippen LogP contribution in [-0.4, -0.2) is 12.6 Å². The van der Waals surface area contributed by atoms with Crippen LogP contribution in [0.4, 0.5) is 0 Å². The number of hydrogen-bond donors (Lipinski definition) is 0. The van der Waals surface area contributed by atoms with Crippen LogP contribution < -0.4 is 0 Å². The molecule has 0 heterocycles. The molecule has 0 rings (SSSR count). The van der Waals surface area contributed by atoms with Gasteiger partial charge in [0, 0.05) is 12.3 Å². The lowest BCUT2D eigenvalue weighted by Gasteiger charge is -2.04. The van der Waals surface area contributed by atoms with Crippen molar-refractivity contribution in [2.75, 3.05) is 0 Å². The highest BCUT2D eigenvalue weighted by molar-refractivity contribution is 5.53. The highest BCUT2D eigenvalue weighted by Gasteiger charge is 2.02. The van der Waals surface area contributed by atoms with Gasteiger partial charge >= 0.3 is 0 Å². The first-order valence-electron chi connectivity index (χ1n) is 4.74. The van der Waals surface area contributed by atoms with Gasteiger partial charge in [-0.1, -0.05) is 19.8 Å². The van der Waals surface area contributed by atoms with Crippen molar-refractivity contribution in [1.29, 1.82) is 0 Å². The molecule has 0 aliphatic heterocycles. The molecule has 0 saturated carbocycles. The summed E-state index contributed by atoms with van der Waals surface area (Å²) in [5.41, 5.74) is 0. The van der Waals surface area contributed by atoms with Gasteiger partial charge in [0.05, 0.1) is 0 Å². The fourth-order valence-electron chi connectivity index (χ4n) is 1.18. The quantitative estimate of drug-likeness (QED) is 0.414. The Morgan fingerprint density at radius 1 is 1.17 bits per heavy atom. The zero-order valence-electron chi connectivity index (χ0n) is 7.79. The zero-order valence-corrected chi connectivity index (χ0v) is 7.79. The Morgan fingerprint density at radius 3 is 2.42 bits per heavy atom. The zero-order chi connectivity index (χ0) is 9.23. The molecule has 12 heavy (non-hydrogen) atoms. The van der Waals surface area contributed by atoms with Crippen LogP contribution in [0.1, 0.15) is 45.4 Å². The average molecular weight is 170 g/mol.